The van der Waals surface area contributed by atoms with E-state index in [0.29, 0.717) is 22.1 Å². The number of rotatable bonds is 8. The molecule has 0 bridgehead atoms. The van der Waals surface area contributed by atoms with Crippen LogP contribution in [0.15, 0.2) is 77.4 Å². The van der Waals surface area contributed by atoms with Crippen molar-refractivity contribution in [2.45, 2.75) is 13.5 Å². The van der Waals surface area contributed by atoms with Crippen molar-refractivity contribution in [2.75, 3.05) is 23.1 Å². The van der Waals surface area contributed by atoms with Crippen molar-refractivity contribution in [3.63, 3.8) is 0 Å². The lowest BCUT2D eigenvalue weighted by Crippen LogP contribution is -2.31. The van der Waals surface area contributed by atoms with Gasteiger partial charge in [-0.3, -0.25) is 14.5 Å². The van der Waals surface area contributed by atoms with Crippen LogP contribution in [0.5, 0.6) is 11.5 Å². The van der Waals surface area contributed by atoms with Crippen LogP contribution in [0, 0.1) is 6.92 Å². The van der Waals surface area contributed by atoms with Gasteiger partial charge in [-0.25, -0.2) is 4.99 Å². The number of halogens is 3. The third-order valence-electron chi connectivity index (χ3n) is 5.37. The monoisotopic (exact) mass is 557 g/mol. The number of thioether (sulfide) groups is 1. The van der Waals surface area contributed by atoms with Gasteiger partial charge in [-0.05, 0) is 72.7 Å². The summed E-state index contributed by atoms with van der Waals surface area (Å²) in [6.45, 7) is -1.12. The molecule has 11 heteroatoms. The molecule has 0 saturated carbocycles. The normalized spacial score (nSPS) is 14.2. The van der Waals surface area contributed by atoms with Crippen LogP contribution < -0.4 is 19.7 Å². The third kappa shape index (κ3) is 6.70. The molecule has 0 unspecified atom stereocenters. The maximum Gasteiger partial charge on any atom is 0.387 e. The number of hydrogen-bond acceptors (Lipinski definition) is 6. The van der Waals surface area contributed by atoms with E-state index in [-0.39, 0.29) is 28.3 Å². The molecular formula is C27H22ClF2N3O4S. The van der Waals surface area contributed by atoms with Crippen LogP contribution in [0.25, 0.3) is 6.08 Å². The Hall–Kier alpha value is -3.89. The molecule has 3 aromatic carbocycles. The third-order valence-corrected chi connectivity index (χ3v) is 6.55. The zero-order chi connectivity index (χ0) is 27.2. The second-order valence-corrected chi connectivity index (χ2v) is 9.39. The van der Waals surface area contributed by atoms with Gasteiger partial charge in [0, 0.05) is 10.7 Å². The van der Waals surface area contributed by atoms with E-state index < -0.39 is 12.5 Å². The fourth-order valence-electron chi connectivity index (χ4n) is 3.50. The zero-order valence-corrected chi connectivity index (χ0v) is 21.9. The van der Waals surface area contributed by atoms with E-state index in [1.165, 1.54) is 29.2 Å². The first-order valence-corrected chi connectivity index (χ1v) is 12.6. The second kappa shape index (κ2) is 12.1. The molecule has 2 amide bonds. The Bertz CT molecular complexity index is 1400. The van der Waals surface area contributed by atoms with E-state index >= 15 is 0 Å². The molecule has 0 atom stereocenters. The Balaban J connectivity index is 1.57. The van der Waals surface area contributed by atoms with Gasteiger partial charge in [-0.15, -0.1) is 0 Å². The molecule has 0 fully saturated rings. The van der Waals surface area contributed by atoms with E-state index in [4.69, 9.17) is 16.3 Å². The molecular weight excluding hydrogens is 536 g/mol. The summed E-state index contributed by atoms with van der Waals surface area (Å²) >= 11 is 7.10. The standard InChI is InChI=1S/C27H22ClF2N3O4S/c1-16-3-6-18(28)14-22(16)31-24(34)15-38-27-32-23(13-17-4-9-20(36-2)10-5-17)25(35)33(27)19-7-11-21(12-8-19)37-26(29)30/h3-14,26H,15H2,1-2H3,(H,31,34)/b23-13-. The number of amidine groups is 1. The molecule has 196 valence electrons. The molecule has 7 nitrogen and oxygen atoms in total. The summed E-state index contributed by atoms with van der Waals surface area (Å²) in [5, 5.41) is 3.56. The highest BCUT2D eigenvalue weighted by atomic mass is 35.5. The summed E-state index contributed by atoms with van der Waals surface area (Å²) < 4.78 is 34.7. The molecule has 1 aliphatic heterocycles. The number of hydrogen-bond donors (Lipinski definition) is 1. The molecule has 0 aromatic heterocycles. The van der Waals surface area contributed by atoms with Crippen molar-refractivity contribution < 1.29 is 27.8 Å². The number of amides is 2. The molecule has 0 saturated heterocycles. The van der Waals surface area contributed by atoms with Gasteiger partial charge in [0.05, 0.1) is 18.6 Å². The molecule has 0 spiro atoms. The summed E-state index contributed by atoms with van der Waals surface area (Å²) in [7, 11) is 1.56. The Morgan fingerprint density at radius 1 is 1.11 bits per heavy atom. The lowest BCUT2D eigenvalue weighted by atomic mass is 10.2. The van der Waals surface area contributed by atoms with Gasteiger partial charge >= 0.3 is 6.61 Å². The SMILES string of the molecule is COc1ccc(/C=C2\N=C(SCC(=O)Nc3cc(Cl)ccc3C)N(c3ccc(OC(F)F)cc3)C2=O)cc1. The Morgan fingerprint density at radius 2 is 1.79 bits per heavy atom. The molecule has 38 heavy (non-hydrogen) atoms. The fraction of sp³-hybridized carbons (Fsp3) is 0.148. The van der Waals surface area contributed by atoms with E-state index in [1.54, 1.807) is 55.7 Å². The number of carbonyl (C=O) groups is 2. The lowest BCUT2D eigenvalue weighted by molar-refractivity contribution is -0.114. The summed E-state index contributed by atoms with van der Waals surface area (Å²) in [5.41, 5.74) is 2.68. The van der Waals surface area contributed by atoms with Gasteiger partial charge < -0.3 is 14.8 Å². The van der Waals surface area contributed by atoms with E-state index in [9.17, 15) is 18.4 Å². The maximum atomic E-state index is 13.4. The van der Waals surface area contributed by atoms with Crippen molar-refractivity contribution in [1.29, 1.82) is 0 Å². The van der Waals surface area contributed by atoms with E-state index in [1.807, 2.05) is 6.92 Å². The smallest absolute Gasteiger partial charge is 0.387 e. The Morgan fingerprint density at radius 3 is 2.45 bits per heavy atom. The Labute approximate surface area is 227 Å². The van der Waals surface area contributed by atoms with Crippen molar-refractivity contribution in [2.24, 2.45) is 4.99 Å². The van der Waals surface area contributed by atoms with Crippen molar-refractivity contribution in [3.8, 4) is 11.5 Å². The van der Waals surface area contributed by atoms with Crippen molar-refractivity contribution in [3.05, 3.63) is 88.6 Å². The first-order valence-electron chi connectivity index (χ1n) is 11.3. The number of alkyl halides is 2. The molecule has 1 aliphatic rings. The summed E-state index contributed by atoms with van der Waals surface area (Å²) in [6.07, 6.45) is 1.62. The van der Waals surface area contributed by atoms with Crippen LogP contribution in [0.1, 0.15) is 11.1 Å². The first-order chi connectivity index (χ1) is 18.2. The number of methoxy groups -OCH3 is 1. The van der Waals surface area contributed by atoms with Gasteiger partial charge in [-0.1, -0.05) is 41.6 Å². The van der Waals surface area contributed by atoms with Gasteiger partial charge in [0.1, 0.15) is 17.2 Å². The molecule has 0 radical (unpaired) electrons. The molecule has 1 heterocycles. The zero-order valence-electron chi connectivity index (χ0n) is 20.3. The van der Waals surface area contributed by atoms with Crippen LogP contribution in [0.2, 0.25) is 5.02 Å². The maximum absolute atomic E-state index is 13.4. The quantitative estimate of drug-likeness (QED) is 0.325. The Kier molecular flexibility index (Phi) is 8.65. The van der Waals surface area contributed by atoms with Crippen LogP contribution in [0.4, 0.5) is 20.2 Å². The van der Waals surface area contributed by atoms with Gasteiger partial charge in [0.25, 0.3) is 5.91 Å². The number of carbonyl (C=O) groups excluding carboxylic acids is 2. The van der Waals surface area contributed by atoms with E-state index in [2.05, 4.69) is 15.0 Å². The summed E-state index contributed by atoms with van der Waals surface area (Å²) in [4.78, 5) is 31.9. The van der Waals surface area contributed by atoms with Gasteiger partial charge in [0.2, 0.25) is 5.91 Å². The fourth-order valence-corrected chi connectivity index (χ4v) is 4.49. The minimum absolute atomic E-state index is 0.0447. The molecule has 3 aromatic rings. The highest BCUT2D eigenvalue weighted by molar-refractivity contribution is 8.14. The predicted octanol–water partition coefficient (Wildman–Crippen LogP) is 6.37. The number of benzene rings is 3. The van der Waals surface area contributed by atoms with Crippen LogP contribution in [-0.2, 0) is 9.59 Å². The number of anilines is 2. The highest BCUT2D eigenvalue weighted by Gasteiger charge is 2.32. The number of ether oxygens (including phenoxy) is 2. The van der Waals surface area contributed by atoms with Crippen LogP contribution >= 0.6 is 23.4 Å². The summed E-state index contributed by atoms with van der Waals surface area (Å²) in [6, 6.07) is 17.8. The minimum Gasteiger partial charge on any atom is -0.497 e. The molecule has 1 N–H and O–H groups in total. The average molecular weight is 558 g/mol. The first kappa shape index (κ1) is 27.2. The largest absolute Gasteiger partial charge is 0.497 e. The average Bonchev–Trinajstić information content (AvgIpc) is 3.20. The van der Waals surface area contributed by atoms with Gasteiger partial charge in [0.15, 0.2) is 5.17 Å². The van der Waals surface area contributed by atoms with Crippen LogP contribution in [-0.4, -0.2) is 36.5 Å². The van der Waals surface area contributed by atoms with Gasteiger partial charge in [-0.2, -0.15) is 8.78 Å². The number of nitrogens with zero attached hydrogens (tertiary/aromatic N) is 2. The van der Waals surface area contributed by atoms with Crippen molar-refractivity contribution >= 4 is 57.8 Å². The second-order valence-electron chi connectivity index (χ2n) is 8.01. The molecule has 0 aliphatic carbocycles. The summed E-state index contributed by atoms with van der Waals surface area (Å²) in [5.74, 6) is -0.178. The lowest BCUT2D eigenvalue weighted by Gasteiger charge is -2.18. The van der Waals surface area contributed by atoms with E-state index in [0.717, 1.165) is 22.9 Å². The number of nitrogens with one attached hydrogen (secondary N) is 1. The highest BCUT2D eigenvalue weighted by Crippen LogP contribution is 2.31. The van der Waals surface area contributed by atoms with Crippen LogP contribution in [0.3, 0.4) is 0 Å². The molecule has 4 rings (SSSR count). The topological polar surface area (TPSA) is 80.2 Å². The van der Waals surface area contributed by atoms with Crippen molar-refractivity contribution in [1.82, 2.24) is 0 Å². The number of aliphatic imine (C=N–C) groups is 1. The minimum atomic E-state index is -2.97. The predicted molar refractivity (Wildman–Crippen MR) is 146 cm³/mol. The number of aryl methyl sites for hydroxylation is 1.